The first-order chi connectivity index (χ1) is 11.1. The maximum absolute atomic E-state index is 12.1. The van der Waals surface area contributed by atoms with Crippen molar-refractivity contribution in [1.82, 2.24) is 4.57 Å². The van der Waals surface area contributed by atoms with Crippen molar-refractivity contribution < 1.29 is 4.79 Å². The van der Waals surface area contributed by atoms with Crippen LogP contribution in [0.3, 0.4) is 0 Å². The van der Waals surface area contributed by atoms with Crippen LogP contribution in [0.25, 0.3) is 10.2 Å². The van der Waals surface area contributed by atoms with Gasteiger partial charge in [0, 0.05) is 28.6 Å². The lowest BCUT2D eigenvalue weighted by Crippen LogP contribution is -2.13. The fourth-order valence-electron chi connectivity index (χ4n) is 2.15. The number of fused-ring (bicyclic) bond motifs is 1. The second kappa shape index (κ2) is 7.47. The lowest BCUT2D eigenvalue weighted by atomic mass is 10.3. The van der Waals surface area contributed by atoms with Gasteiger partial charge in [0.15, 0.2) is 4.80 Å². The Morgan fingerprint density at radius 2 is 2.04 bits per heavy atom. The number of halogens is 1. The molecule has 1 aromatic heterocycles. The van der Waals surface area contributed by atoms with E-state index in [-0.39, 0.29) is 5.91 Å². The molecular weight excluding hydrogens is 392 g/mol. The number of thioether (sulfide) groups is 1. The van der Waals surface area contributed by atoms with Crippen molar-refractivity contribution in [2.75, 3.05) is 5.75 Å². The van der Waals surface area contributed by atoms with Crippen LogP contribution in [-0.2, 0) is 11.8 Å². The molecule has 3 rings (SSSR count). The van der Waals surface area contributed by atoms with Gasteiger partial charge < -0.3 is 4.57 Å². The predicted molar refractivity (Wildman–Crippen MR) is 101 cm³/mol. The van der Waals surface area contributed by atoms with Crippen molar-refractivity contribution >= 4 is 55.2 Å². The number of thiazole rings is 1. The standard InChI is InChI=1S/C17H15BrN2OS2/c1-20-14-8-7-12(18)11-15(14)23-17(20)19-16(21)9-10-22-13-5-3-2-4-6-13/h2-8,11H,9-10H2,1H3. The van der Waals surface area contributed by atoms with E-state index in [1.807, 2.05) is 41.9 Å². The number of carbonyl (C=O) groups is 1. The largest absolute Gasteiger partial charge is 0.319 e. The molecule has 1 heterocycles. The number of rotatable bonds is 4. The molecule has 0 fully saturated rings. The van der Waals surface area contributed by atoms with Gasteiger partial charge in [-0.25, -0.2) is 0 Å². The van der Waals surface area contributed by atoms with Gasteiger partial charge in [-0.15, -0.1) is 11.8 Å². The van der Waals surface area contributed by atoms with E-state index < -0.39 is 0 Å². The van der Waals surface area contributed by atoms with Gasteiger partial charge in [-0.1, -0.05) is 45.5 Å². The topological polar surface area (TPSA) is 34.4 Å². The number of aryl methyl sites for hydroxylation is 1. The zero-order chi connectivity index (χ0) is 16.2. The Balaban J connectivity index is 1.71. The van der Waals surface area contributed by atoms with Crippen molar-refractivity contribution in [1.29, 1.82) is 0 Å². The van der Waals surface area contributed by atoms with E-state index in [4.69, 9.17) is 0 Å². The summed E-state index contributed by atoms with van der Waals surface area (Å²) in [5.74, 6) is 0.668. The van der Waals surface area contributed by atoms with Crippen molar-refractivity contribution in [3.05, 3.63) is 57.8 Å². The second-order valence-electron chi connectivity index (χ2n) is 4.97. The molecule has 0 bridgehead atoms. The van der Waals surface area contributed by atoms with Gasteiger partial charge in [0.25, 0.3) is 0 Å². The van der Waals surface area contributed by atoms with Crippen LogP contribution in [-0.4, -0.2) is 16.2 Å². The summed E-state index contributed by atoms with van der Waals surface area (Å²) in [7, 11) is 1.94. The third-order valence-electron chi connectivity index (χ3n) is 3.32. The molecule has 0 aliphatic heterocycles. The number of hydrogen-bond acceptors (Lipinski definition) is 3. The van der Waals surface area contributed by atoms with E-state index in [0.29, 0.717) is 6.42 Å². The van der Waals surface area contributed by atoms with Gasteiger partial charge >= 0.3 is 0 Å². The SMILES string of the molecule is Cn1c(=NC(=O)CCSc2ccccc2)sc2cc(Br)ccc21. The van der Waals surface area contributed by atoms with E-state index in [2.05, 4.69) is 39.1 Å². The molecular formula is C17H15BrN2OS2. The Morgan fingerprint density at radius 1 is 1.26 bits per heavy atom. The fourth-order valence-corrected chi connectivity index (χ4v) is 4.60. The minimum absolute atomic E-state index is 0.0744. The van der Waals surface area contributed by atoms with Gasteiger partial charge in [0.1, 0.15) is 0 Å². The molecule has 0 unspecified atom stereocenters. The third-order valence-corrected chi connectivity index (χ3v) is 5.92. The van der Waals surface area contributed by atoms with Crippen LogP contribution in [0.15, 0.2) is 62.9 Å². The molecule has 3 nitrogen and oxygen atoms in total. The second-order valence-corrected chi connectivity index (χ2v) is 8.07. The van der Waals surface area contributed by atoms with Gasteiger partial charge in [0.2, 0.25) is 5.91 Å². The first kappa shape index (κ1) is 16.5. The summed E-state index contributed by atoms with van der Waals surface area (Å²) in [6, 6.07) is 16.2. The summed E-state index contributed by atoms with van der Waals surface area (Å²) in [5.41, 5.74) is 1.09. The maximum Gasteiger partial charge on any atom is 0.249 e. The molecule has 0 atom stereocenters. The minimum atomic E-state index is -0.0744. The smallest absolute Gasteiger partial charge is 0.249 e. The summed E-state index contributed by atoms with van der Waals surface area (Å²) in [6.45, 7) is 0. The Hall–Kier alpha value is -1.37. The molecule has 0 N–H and O–H groups in total. The number of benzene rings is 2. The molecule has 118 valence electrons. The van der Waals surface area contributed by atoms with Crippen molar-refractivity contribution in [2.45, 2.75) is 11.3 Å². The molecule has 2 aromatic carbocycles. The van der Waals surface area contributed by atoms with Gasteiger partial charge in [0.05, 0.1) is 10.2 Å². The van der Waals surface area contributed by atoms with Gasteiger partial charge in [-0.2, -0.15) is 4.99 Å². The predicted octanol–water partition coefficient (Wildman–Crippen LogP) is 4.61. The minimum Gasteiger partial charge on any atom is -0.319 e. The highest BCUT2D eigenvalue weighted by Gasteiger charge is 2.06. The summed E-state index contributed by atoms with van der Waals surface area (Å²) in [6.07, 6.45) is 0.442. The van der Waals surface area contributed by atoms with E-state index >= 15 is 0 Å². The first-order valence-corrected chi connectivity index (χ1v) is 9.73. The number of aromatic nitrogens is 1. The van der Waals surface area contributed by atoms with Crippen LogP contribution in [0, 0.1) is 0 Å². The summed E-state index contributed by atoms with van der Waals surface area (Å²) in [5, 5.41) is 0. The highest BCUT2D eigenvalue weighted by molar-refractivity contribution is 9.10. The highest BCUT2D eigenvalue weighted by Crippen LogP contribution is 2.21. The van der Waals surface area contributed by atoms with Crippen LogP contribution >= 0.6 is 39.0 Å². The summed E-state index contributed by atoms with van der Waals surface area (Å²) >= 11 is 6.69. The van der Waals surface area contributed by atoms with Gasteiger partial charge in [-0.3, -0.25) is 4.79 Å². The number of hydrogen-bond donors (Lipinski definition) is 0. The van der Waals surface area contributed by atoms with Crippen LogP contribution in [0.5, 0.6) is 0 Å². The molecule has 0 spiro atoms. The van der Waals surface area contributed by atoms with Gasteiger partial charge in [-0.05, 0) is 30.3 Å². The molecule has 3 aromatic rings. The fraction of sp³-hybridized carbons (Fsp3) is 0.176. The number of amides is 1. The van der Waals surface area contributed by atoms with Crippen molar-refractivity contribution in [3.8, 4) is 0 Å². The molecule has 23 heavy (non-hydrogen) atoms. The third kappa shape index (κ3) is 4.13. The van der Waals surface area contributed by atoms with Crippen LogP contribution in [0.2, 0.25) is 0 Å². The normalized spacial score (nSPS) is 12.0. The number of nitrogens with zero attached hydrogens (tertiary/aromatic N) is 2. The molecule has 6 heteroatoms. The van der Waals surface area contributed by atoms with Crippen molar-refractivity contribution in [2.24, 2.45) is 12.0 Å². The lowest BCUT2D eigenvalue weighted by molar-refractivity contribution is -0.117. The lowest BCUT2D eigenvalue weighted by Gasteiger charge is -1.98. The molecule has 1 amide bonds. The first-order valence-electron chi connectivity index (χ1n) is 7.14. The van der Waals surface area contributed by atoms with E-state index in [1.54, 1.807) is 11.8 Å². The number of carbonyl (C=O) groups excluding carboxylic acids is 1. The molecule has 0 radical (unpaired) electrons. The van der Waals surface area contributed by atoms with E-state index in [0.717, 1.165) is 25.2 Å². The Bertz CT molecular complexity index is 900. The molecule has 0 saturated carbocycles. The Morgan fingerprint density at radius 3 is 2.83 bits per heavy atom. The summed E-state index contributed by atoms with van der Waals surface area (Å²) in [4.78, 5) is 18.3. The zero-order valence-electron chi connectivity index (χ0n) is 12.5. The Kier molecular flexibility index (Phi) is 5.35. The average Bonchev–Trinajstić information content (AvgIpc) is 2.83. The molecule has 0 aliphatic carbocycles. The zero-order valence-corrected chi connectivity index (χ0v) is 15.7. The molecule has 0 aliphatic rings. The quantitative estimate of drug-likeness (QED) is 0.592. The van der Waals surface area contributed by atoms with Crippen LogP contribution < -0.4 is 4.80 Å². The van der Waals surface area contributed by atoms with Crippen LogP contribution in [0.4, 0.5) is 0 Å². The van der Waals surface area contributed by atoms with E-state index in [1.165, 1.54) is 16.2 Å². The van der Waals surface area contributed by atoms with E-state index in [9.17, 15) is 4.79 Å². The van der Waals surface area contributed by atoms with Crippen LogP contribution in [0.1, 0.15) is 6.42 Å². The average molecular weight is 407 g/mol. The Labute approximate surface area is 151 Å². The summed E-state index contributed by atoms with van der Waals surface area (Å²) < 4.78 is 4.12. The highest BCUT2D eigenvalue weighted by atomic mass is 79.9. The monoisotopic (exact) mass is 406 g/mol. The maximum atomic E-state index is 12.1. The van der Waals surface area contributed by atoms with Crippen molar-refractivity contribution in [3.63, 3.8) is 0 Å². The molecule has 0 saturated heterocycles.